The van der Waals surface area contributed by atoms with Gasteiger partial charge in [0.2, 0.25) is 11.8 Å². The van der Waals surface area contributed by atoms with Gasteiger partial charge in [-0.05, 0) is 44.7 Å². The molecule has 1 saturated heterocycles. The third kappa shape index (κ3) is 5.78. The van der Waals surface area contributed by atoms with Gasteiger partial charge in [-0.3, -0.25) is 9.59 Å². The van der Waals surface area contributed by atoms with Gasteiger partial charge in [0.05, 0.1) is 6.54 Å². The first kappa shape index (κ1) is 16.2. The molecule has 1 aliphatic heterocycles. The first-order valence-corrected chi connectivity index (χ1v) is 6.89. The van der Waals surface area contributed by atoms with Crippen molar-refractivity contribution in [3.63, 3.8) is 0 Å². The number of halogens is 1. The number of carbonyl (C=O) groups excluding carboxylic acids is 2. The van der Waals surface area contributed by atoms with E-state index in [1.807, 2.05) is 0 Å². The molecule has 0 aromatic carbocycles. The summed E-state index contributed by atoms with van der Waals surface area (Å²) in [5.41, 5.74) is 0. The zero-order valence-corrected chi connectivity index (χ0v) is 12.3. The van der Waals surface area contributed by atoms with E-state index in [-0.39, 0.29) is 30.8 Å². The molecule has 0 aromatic rings. The molecular weight excluding hydrogens is 266 g/mol. The second-order valence-electron chi connectivity index (χ2n) is 5.49. The summed E-state index contributed by atoms with van der Waals surface area (Å²) in [6.07, 6.45) is 4.81. The van der Waals surface area contributed by atoms with E-state index >= 15 is 0 Å². The van der Waals surface area contributed by atoms with Crippen molar-refractivity contribution in [1.82, 2.24) is 15.5 Å². The molecule has 0 spiro atoms. The summed E-state index contributed by atoms with van der Waals surface area (Å²) in [5.74, 6) is 0.673. The van der Waals surface area contributed by atoms with E-state index < -0.39 is 0 Å². The van der Waals surface area contributed by atoms with Crippen LogP contribution in [-0.4, -0.2) is 49.4 Å². The Morgan fingerprint density at radius 3 is 2.63 bits per heavy atom. The van der Waals surface area contributed by atoms with Gasteiger partial charge >= 0.3 is 0 Å². The van der Waals surface area contributed by atoms with E-state index in [0.29, 0.717) is 18.4 Å². The standard InChI is InChI=1S/C13H23N3O2.ClH/c1-16(9-12(17)15-11-3-4-11)13(18)5-2-10-6-7-14-8-10;/h10-11,14H,2-9H2,1H3,(H,15,17);1H. The lowest BCUT2D eigenvalue weighted by Gasteiger charge is -2.17. The largest absolute Gasteiger partial charge is 0.352 e. The molecule has 1 aliphatic carbocycles. The minimum Gasteiger partial charge on any atom is -0.352 e. The van der Waals surface area contributed by atoms with Crippen LogP contribution in [0, 0.1) is 5.92 Å². The molecule has 5 nitrogen and oxygen atoms in total. The highest BCUT2D eigenvalue weighted by Crippen LogP contribution is 2.18. The summed E-state index contributed by atoms with van der Waals surface area (Å²) in [5, 5.41) is 6.19. The van der Waals surface area contributed by atoms with Crippen molar-refractivity contribution in [2.24, 2.45) is 5.92 Å². The predicted octanol–water partition coefficient (Wildman–Crippen LogP) is 0.535. The van der Waals surface area contributed by atoms with Crippen LogP contribution in [0.15, 0.2) is 0 Å². The molecule has 0 bridgehead atoms. The molecule has 110 valence electrons. The fourth-order valence-electron chi connectivity index (χ4n) is 2.28. The highest BCUT2D eigenvalue weighted by Gasteiger charge is 2.24. The third-order valence-corrected chi connectivity index (χ3v) is 3.68. The normalized spacial score (nSPS) is 21.6. The third-order valence-electron chi connectivity index (χ3n) is 3.68. The second kappa shape index (κ2) is 7.70. The van der Waals surface area contributed by atoms with Gasteiger partial charge in [-0.1, -0.05) is 0 Å². The number of rotatable bonds is 6. The minimum absolute atomic E-state index is 0. The summed E-state index contributed by atoms with van der Waals surface area (Å²) >= 11 is 0. The molecule has 1 atom stereocenters. The van der Waals surface area contributed by atoms with Crippen LogP contribution in [0.5, 0.6) is 0 Å². The molecule has 19 heavy (non-hydrogen) atoms. The Labute approximate surface area is 120 Å². The summed E-state index contributed by atoms with van der Waals surface area (Å²) in [6.45, 7) is 2.29. The molecule has 2 aliphatic rings. The Bertz CT molecular complexity index is 315. The highest BCUT2D eigenvalue weighted by atomic mass is 35.5. The van der Waals surface area contributed by atoms with Crippen LogP contribution in [0.25, 0.3) is 0 Å². The van der Waals surface area contributed by atoms with Crippen LogP contribution in [0.2, 0.25) is 0 Å². The van der Waals surface area contributed by atoms with Crippen LogP contribution < -0.4 is 10.6 Å². The topological polar surface area (TPSA) is 61.4 Å². The number of nitrogens with zero attached hydrogens (tertiary/aromatic N) is 1. The fourth-order valence-corrected chi connectivity index (χ4v) is 2.28. The molecule has 6 heteroatoms. The molecule has 2 amide bonds. The van der Waals surface area contributed by atoms with Gasteiger partial charge in [0.25, 0.3) is 0 Å². The van der Waals surface area contributed by atoms with Gasteiger partial charge in [-0.25, -0.2) is 0 Å². The molecule has 1 unspecified atom stereocenters. The molecular formula is C13H24ClN3O2. The maximum atomic E-state index is 11.9. The zero-order valence-electron chi connectivity index (χ0n) is 11.5. The van der Waals surface area contributed by atoms with Gasteiger partial charge in [0, 0.05) is 19.5 Å². The highest BCUT2D eigenvalue weighted by molar-refractivity contribution is 5.85. The lowest BCUT2D eigenvalue weighted by Crippen LogP contribution is -2.39. The van der Waals surface area contributed by atoms with Gasteiger partial charge in [-0.2, -0.15) is 0 Å². The minimum atomic E-state index is -0.0316. The number of nitrogens with one attached hydrogen (secondary N) is 2. The number of carbonyl (C=O) groups is 2. The lowest BCUT2D eigenvalue weighted by atomic mass is 10.0. The summed E-state index contributed by atoms with van der Waals surface area (Å²) in [7, 11) is 1.71. The molecule has 0 aromatic heterocycles. The van der Waals surface area contributed by atoms with Crippen molar-refractivity contribution in [3.8, 4) is 0 Å². The first-order valence-electron chi connectivity index (χ1n) is 6.89. The molecule has 2 fully saturated rings. The SMILES string of the molecule is CN(CC(=O)NC1CC1)C(=O)CCC1CCNC1.Cl. The number of hydrogen-bond acceptors (Lipinski definition) is 3. The fraction of sp³-hybridized carbons (Fsp3) is 0.846. The Hall–Kier alpha value is -0.810. The average molecular weight is 290 g/mol. The van der Waals surface area contributed by atoms with Crippen molar-refractivity contribution < 1.29 is 9.59 Å². The lowest BCUT2D eigenvalue weighted by molar-refractivity contribution is -0.135. The van der Waals surface area contributed by atoms with Crippen molar-refractivity contribution in [1.29, 1.82) is 0 Å². The van der Waals surface area contributed by atoms with Crippen molar-refractivity contribution in [2.45, 2.75) is 38.1 Å². The van der Waals surface area contributed by atoms with Crippen molar-refractivity contribution in [3.05, 3.63) is 0 Å². The Morgan fingerprint density at radius 1 is 1.32 bits per heavy atom. The summed E-state index contributed by atoms with van der Waals surface area (Å²) < 4.78 is 0. The summed E-state index contributed by atoms with van der Waals surface area (Å²) in [4.78, 5) is 25.0. The van der Waals surface area contributed by atoms with Gasteiger partial charge in [0.15, 0.2) is 0 Å². The maximum absolute atomic E-state index is 11.9. The molecule has 1 heterocycles. The van der Waals surface area contributed by atoms with E-state index in [2.05, 4.69) is 10.6 Å². The van der Waals surface area contributed by atoms with E-state index in [1.54, 1.807) is 11.9 Å². The average Bonchev–Trinajstić information content (AvgIpc) is 2.98. The van der Waals surface area contributed by atoms with Crippen LogP contribution in [-0.2, 0) is 9.59 Å². The Balaban J connectivity index is 0.00000180. The van der Waals surface area contributed by atoms with Crippen LogP contribution in [0.3, 0.4) is 0 Å². The predicted molar refractivity (Wildman–Crippen MR) is 76.3 cm³/mol. The van der Waals surface area contributed by atoms with E-state index in [4.69, 9.17) is 0 Å². The monoisotopic (exact) mass is 289 g/mol. The van der Waals surface area contributed by atoms with Crippen LogP contribution >= 0.6 is 12.4 Å². The van der Waals surface area contributed by atoms with Gasteiger partial charge in [-0.15, -0.1) is 12.4 Å². The quantitative estimate of drug-likeness (QED) is 0.750. The molecule has 2 rings (SSSR count). The molecule has 1 saturated carbocycles. The number of hydrogen-bond donors (Lipinski definition) is 2. The number of amides is 2. The van der Waals surface area contributed by atoms with E-state index in [1.165, 1.54) is 6.42 Å². The maximum Gasteiger partial charge on any atom is 0.239 e. The Kier molecular flexibility index (Phi) is 6.58. The zero-order chi connectivity index (χ0) is 13.0. The smallest absolute Gasteiger partial charge is 0.239 e. The molecule has 0 radical (unpaired) electrons. The second-order valence-corrected chi connectivity index (χ2v) is 5.49. The first-order chi connectivity index (χ1) is 8.65. The Morgan fingerprint density at radius 2 is 2.05 bits per heavy atom. The van der Waals surface area contributed by atoms with Gasteiger partial charge in [0.1, 0.15) is 0 Å². The van der Waals surface area contributed by atoms with E-state index in [9.17, 15) is 9.59 Å². The van der Waals surface area contributed by atoms with Gasteiger partial charge < -0.3 is 15.5 Å². The number of likely N-dealkylation sites (N-methyl/N-ethyl adjacent to an activating group) is 1. The molecule has 2 N–H and O–H groups in total. The van der Waals surface area contributed by atoms with E-state index in [0.717, 1.165) is 32.4 Å². The van der Waals surface area contributed by atoms with Crippen LogP contribution in [0.1, 0.15) is 32.1 Å². The van der Waals surface area contributed by atoms with Crippen molar-refractivity contribution in [2.75, 3.05) is 26.7 Å². The summed E-state index contributed by atoms with van der Waals surface area (Å²) in [6, 6.07) is 0.366. The van der Waals surface area contributed by atoms with Crippen LogP contribution in [0.4, 0.5) is 0 Å². The van der Waals surface area contributed by atoms with Crippen molar-refractivity contribution >= 4 is 24.2 Å².